The molecule has 5 heteroatoms. The van der Waals surface area contributed by atoms with Crippen LogP contribution in [-0.4, -0.2) is 20.3 Å². The van der Waals surface area contributed by atoms with Gasteiger partial charge >= 0.3 is 0 Å². The first-order valence-electron chi connectivity index (χ1n) is 9.41. The van der Waals surface area contributed by atoms with Gasteiger partial charge in [-0.3, -0.25) is 0 Å². The molecule has 0 unspecified atom stereocenters. The molecule has 4 nitrogen and oxygen atoms in total. The van der Waals surface area contributed by atoms with Gasteiger partial charge < -0.3 is 10.3 Å². The lowest BCUT2D eigenvalue weighted by molar-refractivity contribution is 0.595. The minimum atomic E-state index is 0.552. The largest absolute Gasteiger partial charge is 0.382 e. The van der Waals surface area contributed by atoms with Crippen molar-refractivity contribution in [1.82, 2.24) is 14.5 Å². The van der Waals surface area contributed by atoms with Crippen molar-refractivity contribution >= 4 is 28.6 Å². The van der Waals surface area contributed by atoms with Crippen molar-refractivity contribution in [3.8, 4) is 0 Å². The molecule has 0 aliphatic rings. The molecule has 138 valence electrons. The number of hydrogen-bond acceptors (Lipinski definition) is 4. The highest BCUT2D eigenvalue weighted by Crippen LogP contribution is 2.27. The Morgan fingerprint density at radius 2 is 1.81 bits per heavy atom. The topological polar surface area (TPSA) is 56.7 Å². The number of benzene rings is 1. The minimum absolute atomic E-state index is 0.552. The maximum absolute atomic E-state index is 6.12. The molecule has 26 heavy (non-hydrogen) atoms. The van der Waals surface area contributed by atoms with Gasteiger partial charge in [0.2, 0.25) is 0 Å². The quantitative estimate of drug-likeness (QED) is 0.441. The predicted molar refractivity (Wildman–Crippen MR) is 112 cm³/mol. The van der Waals surface area contributed by atoms with E-state index in [0.29, 0.717) is 5.82 Å². The molecule has 0 spiro atoms. The minimum Gasteiger partial charge on any atom is -0.382 e. The van der Waals surface area contributed by atoms with Crippen LogP contribution in [0.15, 0.2) is 35.2 Å². The van der Waals surface area contributed by atoms with Gasteiger partial charge in [-0.05, 0) is 50.1 Å². The van der Waals surface area contributed by atoms with E-state index in [9.17, 15) is 0 Å². The number of anilines is 1. The summed E-state index contributed by atoms with van der Waals surface area (Å²) in [7, 11) is 0. The average molecular weight is 369 g/mol. The lowest BCUT2D eigenvalue weighted by Crippen LogP contribution is -2.05. The zero-order chi connectivity index (χ0) is 18.5. The number of fused-ring (bicyclic) bond motifs is 1. The zero-order valence-corrected chi connectivity index (χ0v) is 16.8. The molecule has 0 bridgehead atoms. The number of thioether (sulfide) groups is 1. The van der Waals surface area contributed by atoms with Gasteiger partial charge in [0.25, 0.3) is 0 Å². The summed E-state index contributed by atoms with van der Waals surface area (Å²) in [6, 6.07) is 10.6. The first-order chi connectivity index (χ1) is 12.6. The Bertz CT molecular complexity index is 871. The molecule has 0 aliphatic carbocycles. The van der Waals surface area contributed by atoms with Crippen molar-refractivity contribution in [2.75, 3.05) is 11.5 Å². The molecule has 3 rings (SSSR count). The van der Waals surface area contributed by atoms with Crippen molar-refractivity contribution in [2.24, 2.45) is 0 Å². The zero-order valence-electron chi connectivity index (χ0n) is 16.0. The summed E-state index contributed by atoms with van der Waals surface area (Å²) < 4.78 is 2.36. The van der Waals surface area contributed by atoms with Crippen LogP contribution in [0.2, 0.25) is 0 Å². The van der Waals surface area contributed by atoms with Gasteiger partial charge in [-0.1, -0.05) is 31.5 Å². The molecule has 2 heterocycles. The number of pyridine rings is 1. The summed E-state index contributed by atoms with van der Waals surface area (Å²) in [5.41, 5.74) is 10.4. The van der Waals surface area contributed by atoms with Crippen LogP contribution in [0.4, 0.5) is 5.82 Å². The van der Waals surface area contributed by atoms with Crippen molar-refractivity contribution in [3.05, 3.63) is 47.4 Å². The van der Waals surface area contributed by atoms with Crippen LogP contribution in [-0.2, 0) is 13.0 Å². The van der Waals surface area contributed by atoms with Gasteiger partial charge in [-0.15, -0.1) is 11.8 Å². The average Bonchev–Trinajstić information content (AvgIpc) is 3.03. The first kappa shape index (κ1) is 18.8. The molecule has 0 saturated heterocycles. The van der Waals surface area contributed by atoms with E-state index in [-0.39, 0.29) is 0 Å². The summed E-state index contributed by atoms with van der Waals surface area (Å²) in [5.74, 6) is 2.83. The number of nitrogens with zero attached hydrogens (tertiary/aromatic N) is 3. The number of nitrogens with two attached hydrogens (primary N) is 1. The number of rotatable bonds is 8. The lowest BCUT2D eigenvalue weighted by atomic mass is 10.2. The highest BCUT2D eigenvalue weighted by Gasteiger charge is 2.16. The van der Waals surface area contributed by atoms with Crippen LogP contribution < -0.4 is 5.73 Å². The summed E-state index contributed by atoms with van der Waals surface area (Å²) in [6.45, 7) is 7.30. The maximum Gasteiger partial charge on any atom is 0.151 e. The van der Waals surface area contributed by atoms with Crippen molar-refractivity contribution in [1.29, 1.82) is 0 Å². The first-order valence-corrected chi connectivity index (χ1v) is 10.4. The highest BCUT2D eigenvalue weighted by molar-refractivity contribution is 7.99. The number of imidazole rings is 1. The second-order valence-corrected chi connectivity index (χ2v) is 7.83. The number of unbranched alkanes of at least 4 members (excludes halogenated alkanes) is 2. The Labute approximate surface area is 160 Å². The molecule has 1 aromatic carbocycles. The Morgan fingerprint density at radius 1 is 1.04 bits per heavy atom. The number of hydrogen-bond donors (Lipinski definition) is 1. The Hall–Kier alpha value is -2.01. The van der Waals surface area contributed by atoms with E-state index < -0.39 is 0 Å². The second-order valence-electron chi connectivity index (χ2n) is 6.66. The van der Waals surface area contributed by atoms with E-state index in [2.05, 4.69) is 53.7 Å². The third-order valence-electron chi connectivity index (χ3n) is 4.83. The second kappa shape index (κ2) is 8.58. The van der Waals surface area contributed by atoms with Gasteiger partial charge in [0.05, 0.1) is 5.52 Å². The van der Waals surface area contributed by atoms with Gasteiger partial charge in [-0.2, -0.15) is 0 Å². The van der Waals surface area contributed by atoms with Crippen LogP contribution in [0, 0.1) is 13.8 Å². The highest BCUT2D eigenvalue weighted by atomic mass is 32.2. The summed E-state index contributed by atoms with van der Waals surface area (Å²) >= 11 is 1.94. The molecular weight excluding hydrogens is 340 g/mol. The molecule has 0 radical (unpaired) electrons. The fourth-order valence-electron chi connectivity index (χ4n) is 3.31. The Kier molecular flexibility index (Phi) is 6.20. The fraction of sp³-hybridized carbons (Fsp3) is 0.429. The molecule has 2 N–H and O–H groups in total. The SMILES string of the molecule is CCc1nc2c(N)nc(C)c(C)c2n1CCCCCSc1ccccc1. The van der Waals surface area contributed by atoms with Gasteiger partial charge in [0, 0.05) is 23.6 Å². The van der Waals surface area contributed by atoms with E-state index in [0.717, 1.165) is 36.4 Å². The number of aryl methyl sites for hydroxylation is 4. The Balaban J connectivity index is 1.61. The standard InChI is InChI=1S/C21H28N4S/c1-4-18-24-19-20(15(2)16(3)23-21(19)22)25(18)13-9-6-10-14-26-17-11-7-5-8-12-17/h5,7-8,11-12H,4,6,9-10,13-14H2,1-3H3,(H2,22,23). The molecule has 0 aliphatic heterocycles. The van der Waals surface area contributed by atoms with Crippen LogP contribution in [0.5, 0.6) is 0 Å². The monoisotopic (exact) mass is 368 g/mol. The van der Waals surface area contributed by atoms with E-state index in [1.165, 1.54) is 34.6 Å². The summed E-state index contributed by atoms with van der Waals surface area (Å²) in [5, 5.41) is 0. The van der Waals surface area contributed by atoms with Crippen LogP contribution in [0.1, 0.15) is 43.3 Å². The van der Waals surface area contributed by atoms with Gasteiger partial charge in [0.15, 0.2) is 5.82 Å². The van der Waals surface area contributed by atoms with Crippen LogP contribution in [0.3, 0.4) is 0 Å². The summed E-state index contributed by atoms with van der Waals surface area (Å²) in [4.78, 5) is 10.6. The Morgan fingerprint density at radius 3 is 2.54 bits per heavy atom. The van der Waals surface area contributed by atoms with E-state index >= 15 is 0 Å². The van der Waals surface area contributed by atoms with Crippen LogP contribution in [0.25, 0.3) is 11.0 Å². The molecule has 0 fully saturated rings. The predicted octanol–water partition coefficient (Wildman–Crippen LogP) is 5.16. The van der Waals surface area contributed by atoms with E-state index in [1.807, 2.05) is 18.7 Å². The molecule has 0 atom stereocenters. The molecule has 3 aromatic rings. The van der Waals surface area contributed by atoms with E-state index in [1.54, 1.807) is 0 Å². The summed E-state index contributed by atoms with van der Waals surface area (Å²) in [6.07, 6.45) is 4.53. The van der Waals surface area contributed by atoms with Crippen molar-refractivity contribution in [3.63, 3.8) is 0 Å². The lowest BCUT2D eigenvalue weighted by Gasteiger charge is -2.11. The van der Waals surface area contributed by atoms with Crippen LogP contribution >= 0.6 is 11.8 Å². The molecule has 2 aromatic heterocycles. The maximum atomic E-state index is 6.12. The fourth-order valence-corrected chi connectivity index (χ4v) is 4.25. The third kappa shape index (κ3) is 4.04. The number of nitrogen functional groups attached to an aromatic ring is 1. The van der Waals surface area contributed by atoms with Gasteiger partial charge in [-0.25, -0.2) is 9.97 Å². The van der Waals surface area contributed by atoms with Crippen molar-refractivity contribution in [2.45, 2.75) is 57.9 Å². The molecular formula is C21H28N4S. The third-order valence-corrected chi connectivity index (χ3v) is 5.93. The van der Waals surface area contributed by atoms with E-state index in [4.69, 9.17) is 10.7 Å². The normalized spacial score (nSPS) is 11.3. The molecule has 0 amide bonds. The smallest absolute Gasteiger partial charge is 0.151 e. The van der Waals surface area contributed by atoms with Gasteiger partial charge in [0.1, 0.15) is 11.3 Å². The molecule has 0 saturated carbocycles. The number of aromatic nitrogens is 3. The van der Waals surface area contributed by atoms with Crippen molar-refractivity contribution < 1.29 is 0 Å².